The number of ether oxygens (including phenoxy) is 3. The number of anilines is 1. The van der Waals surface area contributed by atoms with Crippen molar-refractivity contribution >= 4 is 32.5 Å². The first-order valence-electron chi connectivity index (χ1n) is 11.1. The number of sulfonamides is 1. The first-order chi connectivity index (χ1) is 16.7. The van der Waals surface area contributed by atoms with Gasteiger partial charge in [-0.2, -0.15) is 0 Å². The van der Waals surface area contributed by atoms with E-state index in [0.717, 1.165) is 10.9 Å². The summed E-state index contributed by atoms with van der Waals surface area (Å²) in [6.45, 7) is 0.451. The van der Waals surface area contributed by atoms with Crippen molar-refractivity contribution < 1.29 is 27.4 Å². The third kappa shape index (κ3) is 5.21. The maximum atomic E-state index is 13.9. The second-order valence-corrected chi connectivity index (χ2v) is 9.82. The standard InChI is InChI=1S/C24H32N4O6S/c1-27-12-10-16-13-18(8-9-20(16)27)35(30,31)28(24(29)19(26)7-5-6-11-25)17-14-21(32-2)23(34-4)22(15-17)33-3/h8-10,12-15,19H,5-7,11,25-26H2,1-4H3/t19-/m0/s1. The molecule has 0 saturated carbocycles. The molecule has 0 aliphatic heterocycles. The lowest BCUT2D eigenvalue weighted by molar-refractivity contribution is -0.118. The van der Waals surface area contributed by atoms with Crippen LogP contribution in [0, 0.1) is 0 Å². The molecule has 190 valence electrons. The maximum absolute atomic E-state index is 13.9. The maximum Gasteiger partial charge on any atom is 0.270 e. The van der Waals surface area contributed by atoms with Crippen molar-refractivity contribution in [2.24, 2.45) is 18.5 Å². The number of carbonyl (C=O) groups is 1. The van der Waals surface area contributed by atoms with Crippen LogP contribution in [0.15, 0.2) is 47.5 Å². The smallest absolute Gasteiger partial charge is 0.270 e. The Hall–Kier alpha value is -3.28. The molecule has 0 aliphatic rings. The molecular weight excluding hydrogens is 472 g/mol. The van der Waals surface area contributed by atoms with E-state index in [4.69, 9.17) is 25.7 Å². The lowest BCUT2D eigenvalue weighted by Crippen LogP contribution is -2.47. The zero-order valence-corrected chi connectivity index (χ0v) is 21.2. The van der Waals surface area contributed by atoms with Crippen LogP contribution >= 0.6 is 0 Å². The SMILES string of the molecule is COc1cc(N(C(=O)[C@@H](N)CCCCN)S(=O)(=O)c2ccc3c(ccn3C)c2)cc(OC)c1OC. The number of nitrogens with two attached hydrogens (primary N) is 2. The van der Waals surface area contributed by atoms with Gasteiger partial charge >= 0.3 is 0 Å². The summed E-state index contributed by atoms with van der Waals surface area (Å²) in [4.78, 5) is 13.5. The average Bonchev–Trinajstić information content (AvgIpc) is 3.23. The molecule has 2 aromatic carbocycles. The number of hydrogen-bond acceptors (Lipinski definition) is 8. The Morgan fingerprint density at radius 3 is 2.26 bits per heavy atom. The average molecular weight is 505 g/mol. The van der Waals surface area contributed by atoms with E-state index in [1.54, 1.807) is 12.1 Å². The van der Waals surface area contributed by atoms with Crippen molar-refractivity contribution in [2.45, 2.75) is 30.2 Å². The number of aryl methyl sites for hydroxylation is 1. The highest BCUT2D eigenvalue weighted by Gasteiger charge is 2.35. The number of methoxy groups -OCH3 is 3. The zero-order chi connectivity index (χ0) is 25.8. The van der Waals surface area contributed by atoms with Crippen molar-refractivity contribution in [3.05, 3.63) is 42.6 Å². The normalized spacial score (nSPS) is 12.4. The Balaban J connectivity index is 2.18. The van der Waals surface area contributed by atoms with Crippen molar-refractivity contribution in [1.82, 2.24) is 4.57 Å². The molecule has 1 heterocycles. The monoisotopic (exact) mass is 504 g/mol. The van der Waals surface area contributed by atoms with Crippen molar-refractivity contribution in [2.75, 3.05) is 32.2 Å². The molecule has 0 unspecified atom stereocenters. The van der Waals surface area contributed by atoms with Gasteiger partial charge in [0.2, 0.25) is 5.75 Å². The van der Waals surface area contributed by atoms with E-state index in [2.05, 4.69) is 0 Å². The highest BCUT2D eigenvalue weighted by atomic mass is 32.2. The third-order valence-corrected chi connectivity index (χ3v) is 7.49. The summed E-state index contributed by atoms with van der Waals surface area (Å²) in [6, 6.07) is 8.25. The molecule has 35 heavy (non-hydrogen) atoms. The summed E-state index contributed by atoms with van der Waals surface area (Å²) in [6.07, 6.45) is 3.37. The lowest BCUT2D eigenvalue weighted by atomic mass is 10.1. The van der Waals surface area contributed by atoms with E-state index in [0.29, 0.717) is 23.7 Å². The van der Waals surface area contributed by atoms with E-state index in [-0.39, 0.29) is 34.3 Å². The Bertz CT molecular complexity index is 1280. The fourth-order valence-electron chi connectivity index (χ4n) is 3.88. The van der Waals surface area contributed by atoms with Gasteiger partial charge in [0.1, 0.15) is 0 Å². The van der Waals surface area contributed by atoms with Crippen LogP contribution in [0.5, 0.6) is 17.2 Å². The Morgan fingerprint density at radius 2 is 1.69 bits per heavy atom. The van der Waals surface area contributed by atoms with Crippen LogP contribution in [-0.2, 0) is 21.9 Å². The van der Waals surface area contributed by atoms with Gasteiger partial charge in [-0.1, -0.05) is 6.42 Å². The fourth-order valence-corrected chi connectivity index (χ4v) is 5.36. The second-order valence-electron chi connectivity index (χ2n) is 8.03. The van der Waals surface area contributed by atoms with Gasteiger partial charge in [-0.15, -0.1) is 0 Å². The number of rotatable bonds is 11. The minimum Gasteiger partial charge on any atom is -0.493 e. The van der Waals surface area contributed by atoms with Crippen LogP contribution in [0.3, 0.4) is 0 Å². The van der Waals surface area contributed by atoms with Crippen LogP contribution in [0.2, 0.25) is 0 Å². The second kappa shape index (κ2) is 11.0. The van der Waals surface area contributed by atoms with Crippen molar-refractivity contribution in [3.63, 3.8) is 0 Å². The Morgan fingerprint density at radius 1 is 1.03 bits per heavy atom. The molecule has 11 heteroatoms. The number of amides is 1. The van der Waals surface area contributed by atoms with Gasteiger partial charge in [0.05, 0.1) is 38.0 Å². The fraction of sp³-hybridized carbons (Fsp3) is 0.375. The molecule has 4 N–H and O–H groups in total. The highest BCUT2D eigenvalue weighted by molar-refractivity contribution is 7.93. The van der Waals surface area contributed by atoms with E-state index in [1.165, 1.54) is 45.6 Å². The summed E-state index contributed by atoms with van der Waals surface area (Å²) in [7, 11) is 1.75. The van der Waals surface area contributed by atoms with Gasteiger partial charge < -0.3 is 30.2 Å². The van der Waals surface area contributed by atoms with Gasteiger partial charge in [0.15, 0.2) is 11.5 Å². The van der Waals surface area contributed by atoms with E-state index in [1.807, 2.05) is 17.8 Å². The Labute approximate surface area is 205 Å². The molecule has 1 aromatic heterocycles. The molecule has 3 rings (SSSR count). The molecule has 0 radical (unpaired) electrons. The molecular formula is C24H32N4O6S. The number of unbranched alkanes of at least 4 members (excludes halogenated alkanes) is 1. The van der Waals surface area contributed by atoms with Gasteiger partial charge in [0.25, 0.3) is 15.9 Å². The number of benzene rings is 2. The van der Waals surface area contributed by atoms with E-state index < -0.39 is 22.0 Å². The summed E-state index contributed by atoms with van der Waals surface area (Å²) in [5.41, 5.74) is 12.6. The van der Waals surface area contributed by atoms with Gasteiger partial charge in [-0.05, 0) is 43.7 Å². The molecule has 3 aromatic rings. The van der Waals surface area contributed by atoms with E-state index >= 15 is 0 Å². The minimum atomic E-state index is -4.36. The largest absolute Gasteiger partial charge is 0.493 e. The van der Waals surface area contributed by atoms with Crippen molar-refractivity contribution in [3.8, 4) is 17.2 Å². The van der Waals surface area contributed by atoms with Crippen LogP contribution in [-0.4, -0.2) is 52.8 Å². The van der Waals surface area contributed by atoms with Gasteiger partial charge in [-0.25, -0.2) is 12.7 Å². The lowest BCUT2D eigenvalue weighted by Gasteiger charge is -2.27. The molecule has 0 fully saturated rings. The predicted molar refractivity (Wildman–Crippen MR) is 135 cm³/mol. The highest BCUT2D eigenvalue weighted by Crippen LogP contribution is 2.42. The summed E-state index contributed by atoms with van der Waals surface area (Å²) in [5, 5.41) is 0.720. The molecule has 0 spiro atoms. The van der Waals surface area contributed by atoms with Crippen LogP contribution < -0.4 is 30.0 Å². The Kier molecular flexibility index (Phi) is 8.26. The van der Waals surface area contributed by atoms with Crippen LogP contribution in [0.25, 0.3) is 10.9 Å². The van der Waals surface area contributed by atoms with E-state index in [9.17, 15) is 13.2 Å². The number of nitrogens with zero attached hydrogens (tertiary/aromatic N) is 2. The zero-order valence-electron chi connectivity index (χ0n) is 20.4. The number of hydrogen-bond donors (Lipinski definition) is 2. The molecule has 0 bridgehead atoms. The van der Waals surface area contributed by atoms with Crippen molar-refractivity contribution in [1.29, 1.82) is 0 Å². The number of fused-ring (bicyclic) bond motifs is 1. The third-order valence-electron chi connectivity index (χ3n) is 5.77. The van der Waals surface area contributed by atoms with Gasteiger partial charge in [-0.3, -0.25) is 4.79 Å². The molecule has 1 amide bonds. The van der Waals surface area contributed by atoms with Gasteiger partial charge in [0, 0.05) is 36.3 Å². The quantitative estimate of drug-likeness (QED) is 0.380. The number of carbonyl (C=O) groups excluding carboxylic acids is 1. The first-order valence-corrected chi connectivity index (χ1v) is 12.5. The molecule has 10 nitrogen and oxygen atoms in total. The molecule has 1 atom stereocenters. The predicted octanol–water partition coefficient (Wildman–Crippen LogP) is 2.38. The minimum absolute atomic E-state index is 0.0203. The topological polar surface area (TPSA) is 139 Å². The summed E-state index contributed by atoms with van der Waals surface area (Å²) < 4.78 is 46.5. The molecule has 0 saturated heterocycles. The summed E-state index contributed by atoms with van der Waals surface area (Å²) in [5.74, 6) is -0.110. The molecule has 0 aliphatic carbocycles. The summed E-state index contributed by atoms with van der Waals surface area (Å²) >= 11 is 0. The first kappa shape index (κ1) is 26.3. The van der Waals surface area contributed by atoms with Crippen LogP contribution in [0.1, 0.15) is 19.3 Å². The van der Waals surface area contributed by atoms with Crippen LogP contribution in [0.4, 0.5) is 5.69 Å². The number of aromatic nitrogens is 1.